The third-order valence-electron chi connectivity index (χ3n) is 5.95. The van der Waals surface area contributed by atoms with Gasteiger partial charge in [0.2, 0.25) is 5.95 Å². The smallest absolute Gasteiger partial charge is 0.241 e. The van der Waals surface area contributed by atoms with Crippen LogP contribution >= 0.6 is 0 Å². The Kier molecular flexibility index (Phi) is 3.92. The first kappa shape index (κ1) is 17.3. The molecule has 144 valence electrons. The molecular formula is C21H23FN6. The van der Waals surface area contributed by atoms with Crippen LogP contribution in [0.5, 0.6) is 0 Å². The van der Waals surface area contributed by atoms with Crippen LogP contribution in [-0.4, -0.2) is 37.5 Å². The van der Waals surface area contributed by atoms with E-state index in [4.69, 9.17) is 4.98 Å². The van der Waals surface area contributed by atoms with Gasteiger partial charge in [0, 0.05) is 23.4 Å². The molecule has 0 spiro atoms. The molecule has 1 aliphatic heterocycles. The number of hydrogen-bond acceptors (Lipinski definition) is 5. The number of rotatable bonds is 5. The van der Waals surface area contributed by atoms with Crippen molar-refractivity contribution in [2.24, 2.45) is 4.99 Å². The number of fused-ring (bicyclic) bond motifs is 2. The van der Waals surface area contributed by atoms with Gasteiger partial charge in [0.05, 0.1) is 35.3 Å². The summed E-state index contributed by atoms with van der Waals surface area (Å²) in [5.41, 5.74) is 4.78. The highest BCUT2D eigenvalue weighted by atomic mass is 19.1. The Hall–Kier alpha value is -2.83. The lowest BCUT2D eigenvalue weighted by Gasteiger charge is -2.33. The highest BCUT2D eigenvalue weighted by Gasteiger charge is 2.36. The maximum atomic E-state index is 14.2. The zero-order chi connectivity index (χ0) is 19.3. The van der Waals surface area contributed by atoms with Crippen LogP contribution in [0.4, 0.5) is 16.0 Å². The number of anilines is 1. The minimum Gasteiger partial charge on any atom is -0.350 e. The number of nitrogens with zero attached hydrogens (tertiary/aromatic N) is 5. The number of alkyl halides is 1. The average molecular weight is 378 g/mol. The standard InChI is InChI=1S/C21H23FN6/c1-3-14-13(2)25-17-6-5-16(26-19(14)17)15-7-10-28-18(15)11-23-20(27-28)24-12-21(22)8-4-9-21/h5-7,10-11,14H,3-4,8-9,12H2,1-2H3,(H,24,27). The summed E-state index contributed by atoms with van der Waals surface area (Å²) in [5.74, 6) is 0.728. The zero-order valence-electron chi connectivity index (χ0n) is 16.1. The molecule has 5 rings (SSSR count). The topological polar surface area (TPSA) is 67.5 Å². The van der Waals surface area contributed by atoms with Gasteiger partial charge in [-0.15, -0.1) is 5.10 Å². The molecule has 7 heteroatoms. The Labute approximate surface area is 162 Å². The molecule has 6 nitrogen and oxygen atoms in total. The van der Waals surface area contributed by atoms with Gasteiger partial charge in [0.15, 0.2) is 0 Å². The largest absolute Gasteiger partial charge is 0.350 e. The number of halogens is 1. The fourth-order valence-corrected chi connectivity index (χ4v) is 4.10. The van der Waals surface area contributed by atoms with E-state index in [9.17, 15) is 4.39 Å². The quantitative estimate of drug-likeness (QED) is 0.699. The highest BCUT2D eigenvalue weighted by Crippen LogP contribution is 2.38. The second-order valence-corrected chi connectivity index (χ2v) is 7.81. The molecule has 28 heavy (non-hydrogen) atoms. The van der Waals surface area contributed by atoms with E-state index in [2.05, 4.69) is 34.2 Å². The van der Waals surface area contributed by atoms with Crippen molar-refractivity contribution in [2.45, 2.75) is 51.1 Å². The second-order valence-electron chi connectivity index (χ2n) is 7.81. The van der Waals surface area contributed by atoms with E-state index < -0.39 is 5.67 Å². The molecule has 1 fully saturated rings. The van der Waals surface area contributed by atoms with Gasteiger partial charge in [-0.05, 0) is 50.8 Å². The summed E-state index contributed by atoms with van der Waals surface area (Å²) in [6, 6.07) is 6.03. The molecular weight excluding hydrogens is 355 g/mol. The van der Waals surface area contributed by atoms with Crippen molar-refractivity contribution in [3.63, 3.8) is 0 Å². The fraction of sp³-hybridized carbons (Fsp3) is 0.429. The summed E-state index contributed by atoms with van der Waals surface area (Å²) in [6.45, 7) is 4.49. The van der Waals surface area contributed by atoms with E-state index in [1.165, 1.54) is 0 Å². The van der Waals surface area contributed by atoms with Crippen LogP contribution in [0.15, 0.2) is 35.6 Å². The first-order chi connectivity index (χ1) is 13.6. The van der Waals surface area contributed by atoms with Crippen LogP contribution in [-0.2, 0) is 0 Å². The first-order valence-electron chi connectivity index (χ1n) is 9.90. The van der Waals surface area contributed by atoms with E-state index in [-0.39, 0.29) is 12.5 Å². The summed E-state index contributed by atoms with van der Waals surface area (Å²) in [5, 5.41) is 7.51. The second kappa shape index (κ2) is 6.36. The minimum atomic E-state index is -1.11. The molecule has 1 unspecified atom stereocenters. The Morgan fingerprint density at radius 2 is 2.14 bits per heavy atom. The number of pyridine rings is 1. The normalized spacial score (nSPS) is 20.0. The van der Waals surface area contributed by atoms with E-state index in [1.807, 2.05) is 24.4 Å². The monoisotopic (exact) mass is 378 g/mol. The fourth-order valence-electron chi connectivity index (χ4n) is 4.10. The van der Waals surface area contributed by atoms with Gasteiger partial charge in [0.1, 0.15) is 5.67 Å². The van der Waals surface area contributed by atoms with Crippen molar-refractivity contribution in [1.29, 1.82) is 0 Å². The lowest BCUT2D eigenvalue weighted by molar-refractivity contribution is 0.0782. The van der Waals surface area contributed by atoms with Gasteiger partial charge < -0.3 is 5.32 Å². The van der Waals surface area contributed by atoms with E-state index in [0.29, 0.717) is 18.8 Å². The van der Waals surface area contributed by atoms with E-state index in [0.717, 1.165) is 46.7 Å². The number of hydrogen-bond donors (Lipinski definition) is 1. The maximum Gasteiger partial charge on any atom is 0.241 e. The molecule has 0 aromatic carbocycles. The summed E-state index contributed by atoms with van der Waals surface area (Å²) < 4.78 is 16.0. The SMILES string of the molecule is CCC1C(C)=Nc2ccc(-c3ccn4nc(NCC5(F)CCC5)ncc34)nc21. The number of nitrogens with one attached hydrogen (secondary N) is 1. The maximum absolute atomic E-state index is 14.2. The van der Waals surface area contributed by atoms with Crippen molar-refractivity contribution in [3.05, 3.63) is 36.3 Å². The molecule has 1 N–H and O–H groups in total. The summed E-state index contributed by atoms with van der Waals surface area (Å²) in [4.78, 5) is 13.9. The summed E-state index contributed by atoms with van der Waals surface area (Å²) >= 11 is 0. The molecule has 3 aromatic rings. The molecule has 0 saturated heterocycles. The molecule has 2 aliphatic rings. The molecule has 0 bridgehead atoms. The molecule has 1 saturated carbocycles. The predicted molar refractivity (Wildman–Crippen MR) is 108 cm³/mol. The van der Waals surface area contributed by atoms with Crippen molar-refractivity contribution in [2.75, 3.05) is 11.9 Å². The summed E-state index contributed by atoms with van der Waals surface area (Å²) in [7, 11) is 0. The van der Waals surface area contributed by atoms with Crippen molar-refractivity contribution < 1.29 is 4.39 Å². The molecule has 3 aromatic heterocycles. The Morgan fingerprint density at radius 3 is 2.89 bits per heavy atom. The van der Waals surface area contributed by atoms with Crippen LogP contribution in [0.1, 0.15) is 51.1 Å². The van der Waals surface area contributed by atoms with Crippen molar-refractivity contribution in [3.8, 4) is 11.3 Å². The van der Waals surface area contributed by atoms with Crippen molar-refractivity contribution in [1.82, 2.24) is 19.6 Å². The Morgan fingerprint density at radius 1 is 1.29 bits per heavy atom. The Balaban J connectivity index is 1.44. The zero-order valence-corrected chi connectivity index (χ0v) is 16.1. The van der Waals surface area contributed by atoms with Gasteiger partial charge in [-0.25, -0.2) is 18.9 Å². The minimum absolute atomic E-state index is 0.261. The van der Waals surface area contributed by atoms with Gasteiger partial charge >= 0.3 is 0 Å². The van der Waals surface area contributed by atoms with Crippen LogP contribution in [0.3, 0.4) is 0 Å². The average Bonchev–Trinajstić information content (AvgIpc) is 3.23. The van der Waals surface area contributed by atoms with E-state index >= 15 is 0 Å². The van der Waals surface area contributed by atoms with Crippen LogP contribution in [0, 0.1) is 0 Å². The lowest BCUT2D eigenvalue weighted by atomic mass is 9.82. The number of aromatic nitrogens is 4. The van der Waals surface area contributed by atoms with Crippen LogP contribution in [0.2, 0.25) is 0 Å². The van der Waals surface area contributed by atoms with Gasteiger partial charge in [-0.3, -0.25) is 4.99 Å². The van der Waals surface area contributed by atoms with Gasteiger partial charge in [0.25, 0.3) is 0 Å². The molecule has 4 heterocycles. The predicted octanol–water partition coefficient (Wildman–Crippen LogP) is 4.70. The van der Waals surface area contributed by atoms with Crippen LogP contribution < -0.4 is 5.32 Å². The lowest BCUT2D eigenvalue weighted by Crippen LogP contribution is -2.39. The van der Waals surface area contributed by atoms with Gasteiger partial charge in [-0.1, -0.05) is 6.92 Å². The third-order valence-corrected chi connectivity index (χ3v) is 5.95. The Bertz CT molecular complexity index is 1080. The third kappa shape index (κ3) is 2.77. The number of aliphatic imine (C=N–C) groups is 1. The highest BCUT2D eigenvalue weighted by molar-refractivity contribution is 5.96. The molecule has 1 aliphatic carbocycles. The van der Waals surface area contributed by atoms with Gasteiger partial charge in [-0.2, -0.15) is 0 Å². The molecule has 0 radical (unpaired) electrons. The molecule has 0 amide bonds. The summed E-state index contributed by atoms with van der Waals surface area (Å²) in [6.07, 6.45) is 6.83. The molecule has 1 atom stereocenters. The van der Waals surface area contributed by atoms with Crippen LogP contribution in [0.25, 0.3) is 16.8 Å². The van der Waals surface area contributed by atoms with Crippen molar-refractivity contribution >= 4 is 22.9 Å². The first-order valence-corrected chi connectivity index (χ1v) is 9.90. The van der Waals surface area contributed by atoms with E-state index in [1.54, 1.807) is 10.7 Å².